The second-order valence-corrected chi connectivity index (χ2v) is 4.82. The van der Waals surface area contributed by atoms with E-state index in [4.69, 9.17) is 0 Å². The van der Waals surface area contributed by atoms with Gasteiger partial charge in [0, 0.05) is 43.9 Å². The van der Waals surface area contributed by atoms with Gasteiger partial charge in [-0.3, -0.25) is 4.90 Å². The van der Waals surface area contributed by atoms with Gasteiger partial charge in [0.15, 0.2) is 0 Å². The van der Waals surface area contributed by atoms with Gasteiger partial charge in [-0.15, -0.1) is 0 Å². The van der Waals surface area contributed by atoms with Gasteiger partial charge in [0.1, 0.15) is 11.6 Å². The molecule has 1 saturated heterocycles. The zero-order valence-corrected chi connectivity index (χ0v) is 12.3. The first-order valence-corrected chi connectivity index (χ1v) is 6.93. The monoisotopic (exact) mass is 270 g/mol. The summed E-state index contributed by atoms with van der Waals surface area (Å²) in [5.41, 5.74) is 0.572. The smallest absolute Gasteiger partial charge is 0.130 e. The molecule has 1 atom stereocenters. The van der Waals surface area contributed by atoms with Crippen LogP contribution < -0.4 is 0 Å². The lowest BCUT2D eigenvalue weighted by Gasteiger charge is -2.38. The molecular weight excluding hydrogens is 246 g/mol. The van der Waals surface area contributed by atoms with Crippen LogP contribution in [0.5, 0.6) is 0 Å². The molecule has 2 nitrogen and oxygen atoms in total. The van der Waals surface area contributed by atoms with Crippen molar-refractivity contribution in [3.63, 3.8) is 0 Å². The van der Waals surface area contributed by atoms with Gasteiger partial charge in [-0.1, -0.05) is 19.9 Å². The molecule has 2 rings (SSSR count). The third-order valence-corrected chi connectivity index (χ3v) is 3.36. The molecule has 1 aromatic carbocycles. The Morgan fingerprint density at radius 2 is 1.89 bits per heavy atom. The Morgan fingerprint density at radius 3 is 2.47 bits per heavy atom. The zero-order chi connectivity index (χ0) is 14.4. The highest BCUT2D eigenvalue weighted by Crippen LogP contribution is 2.16. The molecule has 0 amide bonds. The summed E-state index contributed by atoms with van der Waals surface area (Å²) in [6, 6.07) is 4.21. The van der Waals surface area contributed by atoms with E-state index in [1.807, 2.05) is 13.8 Å². The van der Waals surface area contributed by atoms with Crippen molar-refractivity contribution >= 4 is 0 Å². The largest absolute Gasteiger partial charge is 0.304 e. The summed E-state index contributed by atoms with van der Waals surface area (Å²) in [5, 5.41) is 0. The molecule has 0 aliphatic carbocycles. The molecule has 0 spiro atoms. The summed E-state index contributed by atoms with van der Waals surface area (Å²) < 4.78 is 26.3. The van der Waals surface area contributed by atoms with Gasteiger partial charge in [0.25, 0.3) is 0 Å². The van der Waals surface area contributed by atoms with Crippen molar-refractivity contribution in [1.82, 2.24) is 9.80 Å². The number of piperazine rings is 1. The van der Waals surface area contributed by atoms with E-state index in [2.05, 4.69) is 23.8 Å². The van der Waals surface area contributed by atoms with Crippen LogP contribution in [0.1, 0.15) is 26.3 Å². The Balaban J connectivity index is 0.000000861. The second kappa shape index (κ2) is 7.56. The van der Waals surface area contributed by atoms with Gasteiger partial charge in [-0.25, -0.2) is 8.78 Å². The quantitative estimate of drug-likeness (QED) is 0.814. The number of benzene rings is 1. The molecule has 0 saturated carbocycles. The summed E-state index contributed by atoms with van der Waals surface area (Å²) in [7, 11) is 2.09. The number of halogens is 2. The Kier molecular flexibility index (Phi) is 6.38. The fourth-order valence-electron chi connectivity index (χ4n) is 2.28. The highest BCUT2D eigenvalue weighted by atomic mass is 19.1. The maximum absolute atomic E-state index is 13.5. The number of hydrogen-bond donors (Lipinski definition) is 0. The predicted molar refractivity (Wildman–Crippen MR) is 75.1 cm³/mol. The van der Waals surface area contributed by atoms with Crippen LogP contribution in [0.15, 0.2) is 18.2 Å². The Bertz CT molecular complexity index is 396. The van der Waals surface area contributed by atoms with Crippen molar-refractivity contribution in [2.45, 2.75) is 33.4 Å². The zero-order valence-electron chi connectivity index (χ0n) is 12.3. The number of rotatable bonds is 2. The molecule has 0 aromatic heterocycles. The lowest BCUT2D eigenvalue weighted by Crippen LogP contribution is -2.49. The van der Waals surface area contributed by atoms with Crippen LogP contribution in [0.25, 0.3) is 0 Å². The van der Waals surface area contributed by atoms with Gasteiger partial charge < -0.3 is 4.90 Å². The molecule has 1 fully saturated rings. The normalized spacial score (nSPS) is 20.8. The van der Waals surface area contributed by atoms with Crippen LogP contribution in [-0.4, -0.2) is 42.5 Å². The van der Waals surface area contributed by atoms with Crippen molar-refractivity contribution < 1.29 is 8.78 Å². The molecule has 0 N–H and O–H groups in total. The SMILES string of the molecule is CC.CC1CN(C)CCN1Cc1ccc(F)cc1F. The van der Waals surface area contributed by atoms with Crippen molar-refractivity contribution in [1.29, 1.82) is 0 Å². The van der Waals surface area contributed by atoms with Crippen LogP contribution in [-0.2, 0) is 6.54 Å². The summed E-state index contributed by atoms with van der Waals surface area (Å²) >= 11 is 0. The van der Waals surface area contributed by atoms with E-state index in [1.165, 1.54) is 12.1 Å². The van der Waals surface area contributed by atoms with Crippen LogP contribution in [0.3, 0.4) is 0 Å². The standard InChI is InChI=1S/C13H18F2N2.C2H6/c1-10-8-16(2)5-6-17(10)9-11-3-4-12(14)7-13(11)15;1-2/h3-4,7,10H,5-6,8-9H2,1-2H3;1-2H3. The molecule has 1 aromatic rings. The lowest BCUT2D eigenvalue weighted by atomic mass is 10.1. The molecule has 1 aliphatic rings. The first-order chi connectivity index (χ1) is 9.06. The highest BCUT2D eigenvalue weighted by Gasteiger charge is 2.22. The van der Waals surface area contributed by atoms with E-state index in [-0.39, 0.29) is 0 Å². The average Bonchev–Trinajstić information content (AvgIpc) is 2.38. The topological polar surface area (TPSA) is 6.48 Å². The minimum atomic E-state index is -0.516. The Morgan fingerprint density at radius 1 is 1.21 bits per heavy atom. The van der Waals surface area contributed by atoms with E-state index in [9.17, 15) is 8.78 Å². The minimum Gasteiger partial charge on any atom is -0.304 e. The van der Waals surface area contributed by atoms with Crippen molar-refractivity contribution in [3.8, 4) is 0 Å². The van der Waals surface area contributed by atoms with Crippen molar-refractivity contribution in [2.75, 3.05) is 26.7 Å². The van der Waals surface area contributed by atoms with E-state index in [1.54, 1.807) is 0 Å². The van der Waals surface area contributed by atoms with E-state index >= 15 is 0 Å². The third kappa shape index (κ3) is 4.55. The highest BCUT2D eigenvalue weighted by molar-refractivity contribution is 5.18. The molecular formula is C15H24F2N2. The summed E-state index contributed by atoms with van der Waals surface area (Å²) in [6.45, 7) is 9.60. The second-order valence-electron chi connectivity index (χ2n) is 4.82. The molecule has 0 bridgehead atoms. The number of nitrogens with zero attached hydrogens (tertiary/aromatic N) is 2. The van der Waals surface area contributed by atoms with Crippen molar-refractivity contribution in [2.24, 2.45) is 0 Å². The van der Waals surface area contributed by atoms with E-state index < -0.39 is 11.6 Å². The predicted octanol–water partition coefficient (Wildman–Crippen LogP) is 3.13. The number of hydrogen-bond acceptors (Lipinski definition) is 2. The first-order valence-electron chi connectivity index (χ1n) is 6.93. The molecule has 19 heavy (non-hydrogen) atoms. The maximum Gasteiger partial charge on any atom is 0.130 e. The molecule has 0 radical (unpaired) electrons. The van der Waals surface area contributed by atoms with Gasteiger partial charge in [-0.05, 0) is 20.0 Å². The van der Waals surface area contributed by atoms with Gasteiger partial charge >= 0.3 is 0 Å². The first kappa shape index (κ1) is 16.1. The molecule has 108 valence electrons. The molecule has 1 unspecified atom stereocenters. The lowest BCUT2D eigenvalue weighted by molar-refractivity contribution is 0.0928. The third-order valence-electron chi connectivity index (χ3n) is 3.36. The van der Waals surface area contributed by atoms with E-state index in [0.29, 0.717) is 18.2 Å². The minimum absolute atomic E-state index is 0.401. The Hall–Kier alpha value is -1.00. The molecule has 1 aliphatic heterocycles. The fraction of sp³-hybridized carbons (Fsp3) is 0.600. The summed E-state index contributed by atoms with van der Waals surface area (Å²) in [6.07, 6.45) is 0. The van der Waals surface area contributed by atoms with Crippen LogP contribution in [0.2, 0.25) is 0 Å². The maximum atomic E-state index is 13.5. The fourth-order valence-corrected chi connectivity index (χ4v) is 2.28. The number of likely N-dealkylation sites (N-methyl/N-ethyl adjacent to an activating group) is 1. The van der Waals surface area contributed by atoms with Crippen LogP contribution >= 0.6 is 0 Å². The van der Waals surface area contributed by atoms with Crippen LogP contribution in [0, 0.1) is 11.6 Å². The van der Waals surface area contributed by atoms with Gasteiger partial charge in [0.2, 0.25) is 0 Å². The summed E-state index contributed by atoms with van der Waals surface area (Å²) in [5.74, 6) is -0.964. The van der Waals surface area contributed by atoms with E-state index in [0.717, 1.165) is 25.7 Å². The van der Waals surface area contributed by atoms with Crippen molar-refractivity contribution in [3.05, 3.63) is 35.4 Å². The van der Waals surface area contributed by atoms with Crippen LogP contribution in [0.4, 0.5) is 8.78 Å². The average molecular weight is 270 g/mol. The Labute approximate surface area is 115 Å². The van der Waals surface area contributed by atoms with Gasteiger partial charge in [0.05, 0.1) is 0 Å². The molecule has 4 heteroatoms. The van der Waals surface area contributed by atoms with Gasteiger partial charge in [-0.2, -0.15) is 0 Å². The summed E-state index contributed by atoms with van der Waals surface area (Å²) in [4.78, 5) is 4.50. The molecule has 1 heterocycles.